The first-order valence-corrected chi connectivity index (χ1v) is 6.37. The first-order valence-electron chi connectivity index (χ1n) is 6.00. The van der Waals surface area contributed by atoms with E-state index in [-0.39, 0.29) is 0 Å². The fraction of sp³-hybridized carbons (Fsp3) is 0.357. The number of hydrogen-bond donors (Lipinski definition) is 1. The smallest absolute Gasteiger partial charge is 0.129 e. The minimum absolute atomic E-state index is 0.775. The summed E-state index contributed by atoms with van der Waals surface area (Å²) in [5.74, 6) is 0.980. The molecule has 2 rings (SSSR count). The maximum atomic E-state index is 6.13. The molecule has 17 heavy (non-hydrogen) atoms. The Kier molecular flexibility index (Phi) is 3.53. The molecule has 0 aliphatic carbocycles. The zero-order chi connectivity index (χ0) is 12.4. The number of aromatic nitrogens is 1. The van der Waals surface area contributed by atoms with Gasteiger partial charge in [-0.15, -0.1) is 0 Å². The summed E-state index contributed by atoms with van der Waals surface area (Å²) in [5, 5.41) is 5.24. The molecule has 0 bridgehead atoms. The summed E-state index contributed by atoms with van der Waals surface area (Å²) in [6, 6.07) is 6.17. The number of anilines is 1. The molecule has 1 heterocycles. The molecule has 2 nitrogen and oxygen atoms in total. The predicted molar refractivity (Wildman–Crippen MR) is 75.0 cm³/mol. The van der Waals surface area contributed by atoms with Crippen molar-refractivity contribution in [3.8, 4) is 0 Å². The van der Waals surface area contributed by atoms with Gasteiger partial charge in [-0.05, 0) is 43.5 Å². The number of fused-ring (bicyclic) bond motifs is 1. The lowest BCUT2D eigenvalue weighted by atomic mass is 10.1. The van der Waals surface area contributed by atoms with E-state index in [1.165, 1.54) is 5.56 Å². The largest absolute Gasteiger partial charge is 0.370 e. The number of benzene rings is 1. The van der Waals surface area contributed by atoms with Crippen LogP contribution in [0.15, 0.2) is 18.2 Å². The van der Waals surface area contributed by atoms with E-state index in [9.17, 15) is 0 Å². The van der Waals surface area contributed by atoms with Crippen LogP contribution in [0, 0.1) is 6.92 Å². The van der Waals surface area contributed by atoms with E-state index in [1.54, 1.807) is 0 Å². The molecule has 0 spiro atoms. The fourth-order valence-electron chi connectivity index (χ4n) is 1.99. The zero-order valence-corrected chi connectivity index (χ0v) is 11.2. The van der Waals surface area contributed by atoms with Crippen LogP contribution in [0.2, 0.25) is 5.02 Å². The molecule has 2 aromatic rings. The summed E-state index contributed by atoms with van der Waals surface area (Å²) >= 11 is 6.13. The fourth-order valence-corrected chi connectivity index (χ4v) is 2.14. The first-order chi connectivity index (χ1) is 8.17. The molecule has 0 unspecified atom stereocenters. The topological polar surface area (TPSA) is 24.9 Å². The van der Waals surface area contributed by atoms with Crippen LogP contribution in [0.1, 0.15) is 25.0 Å². The van der Waals surface area contributed by atoms with E-state index in [2.05, 4.69) is 25.2 Å². The van der Waals surface area contributed by atoms with Crippen molar-refractivity contribution in [1.29, 1.82) is 0 Å². The molecule has 0 atom stereocenters. The monoisotopic (exact) mass is 248 g/mol. The second-order valence-corrected chi connectivity index (χ2v) is 4.53. The third kappa shape index (κ3) is 2.22. The van der Waals surface area contributed by atoms with Gasteiger partial charge in [0.15, 0.2) is 0 Å². The van der Waals surface area contributed by atoms with Gasteiger partial charge in [0.2, 0.25) is 0 Å². The predicted octanol–water partition coefficient (Wildman–Crippen LogP) is 4.19. The lowest BCUT2D eigenvalue weighted by Crippen LogP contribution is -2.03. The van der Waals surface area contributed by atoms with E-state index >= 15 is 0 Å². The van der Waals surface area contributed by atoms with E-state index < -0.39 is 0 Å². The number of nitrogens with one attached hydrogen (secondary N) is 1. The van der Waals surface area contributed by atoms with Crippen LogP contribution in [-0.4, -0.2) is 11.5 Å². The van der Waals surface area contributed by atoms with Crippen molar-refractivity contribution in [1.82, 2.24) is 4.98 Å². The maximum Gasteiger partial charge on any atom is 0.129 e. The zero-order valence-electron chi connectivity index (χ0n) is 10.5. The normalized spacial score (nSPS) is 10.8. The maximum absolute atomic E-state index is 6.13. The molecule has 0 aliphatic heterocycles. The highest BCUT2D eigenvalue weighted by molar-refractivity contribution is 6.32. The lowest BCUT2D eigenvalue weighted by molar-refractivity contribution is 1.08. The number of hydrogen-bond acceptors (Lipinski definition) is 2. The van der Waals surface area contributed by atoms with Gasteiger partial charge in [-0.2, -0.15) is 0 Å². The van der Waals surface area contributed by atoms with E-state index in [0.717, 1.165) is 40.3 Å². The molecule has 0 aliphatic rings. The molecule has 0 radical (unpaired) electrons. The molecule has 0 saturated carbocycles. The first kappa shape index (κ1) is 12.2. The minimum atomic E-state index is 0.775. The van der Waals surface area contributed by atoms with E-state index in [4.69, 9.17) is 16.6 Å². The molecule has 1 aromatic carbocycles. The van der Waals surface area contributed by atoms with Crippen LogP contribution in [0.3, 0.4) is 0 Å². The summed E-state index contributed by atoms with van der Waals surface area (Å²) < 4.78 is 0. The quantitative estimate of drug-likeness (QED) is 0.881. The Morgan fingerprint density at radius 1 is 1.29 bits per heavy atom. The number of aryl methyl sites for hydroxylation is 2. The van der Waals surface area contributed by atoms with Crippen LogP contribution in [0.5, 0.6) is 0 Å². The Morgan fingerprint density at radius 2 is 2.06 bits per heavy atom. The van der Waals surface area contributed by atoms with E-state index in [0.29, 0.717) is 0 Å². The van der Waals surface area contributed by atoms with Crippen molar-refractivity contribution >= 4 is 28.3 Å². The second kappa shape index (κ2) is 4.92. The lowest BCUT2D eigenvalue weighted by Gasteiger charge is -2.12. The summed E-state index contributed by atoms with van der Waals surface area (Å²) in [6.07, 6.45) is 0.979. The van der Waals surface area contributed by atoms with Crippen LogP contribution in [0.25, 0.3) is 10.9 Å². The van der Waals surface area contributed by atoms with Gasteiger partial charge < -0.3 is 5.32 Å². The standard InChI is InChI=1S/C14H17ClN2/c1-4-10-8-11-6-7-12(15)9(3)13(11)17-14(10)16-5-2/h6-8H,4-5H2,1-3H3,(H,16,17). The van der Waals surface area contributed by atoms with Gasteiger partial charge in [-0.3, -0.25) is 0 Å². The molecule has 3 heteroatoms. The molecular formula is C14H17ClN2. The summed E-state index contributed by atoms with van der Waals surface area (Å²) in [6.45, 7) is 7.12. The molecule has 90 valence electrons. The Bertz CT molecular complexity index is 549. The number of halogens is 1. The summed E-state index contributed by atoms with van der Waals surface area (Å²) in [5.41, 5.74) is 3.29. The minimum Gasteiger partial charge on any atom is -0.370 e. The van der Waals surface area contributed by atoms with Crippen LogP contribution in [0.4, 0.5) is 5.82 Å². The van der Waals surface area contributed by atoms with E-state index in [1.807, 2.05) is 19.1 Å². The van der Waals surface area contributed by atoms with Crippen molar-refractivity contribution in [2.24, 2.45) is 0 Å². The highest BCUT2D eigenvalue weighted by Gasteiger charge is 2.08. The van der Waals surface area contributed by atoms with Crippen molar-refractivity contribution in [2.75, 3.05) is 11.9 Å². The average molecular weight is 249 g/mol. The SMILES string of the molecule is CCNc1nc2c(C)c(Cl)ccc2cc1CC. The number of nitrogens with zero attached hydrogens (tertiary/aromatic N) is 1. The van der Waals surface area contributed by atoms with Gasteiger partial charge in [0.1, 0.15) is 5.82 Å². The van der Waals surface area contributed by atoms with Gasteiger partial charge in [0, 0.05) is 17.0 Å². The highest BCUT2D eigenvalue weighted by Crippen LogP contribution is 2.27. The Balaban J connectivity index is 2.70. The summed E-state index contributed by atoms with van der Waals surface area (Å²) in [4.78, 5) is 4.70. The Labute approximate surface area is 107 Å². The van der Waals surface area contributed by atoms with Crippen LogP contribution in [-0.2, 0) is 6.42 Å². The molecule has 0 saturated heterocycles. The van der Waals surface area contributed by atoms with Crippen LogP contribution < -0.4 is 5.32 Å². The van der Waals surface area contributed by atoms with Crippen molar-refractivity contribution < 1.29 is 0 Å². The molecule has 0 amide bonds. The molecule has 1 aromatic heterocycles. The second-order valence-electron chi connectivity index (χ2n) is 4.12. The number of rotatable bonds is 3. The van der Waals surface area contributed by atoms with Gasteiger partial charge in [-0.1, -0.05) is 24.6 Å². The molecule has 1 N–H and O–H groups in total. The van der Waals surface area contributed by atoms with Crippen molar-refractivity contribution in [3.63, 3.8) is 0 Å². The van der Waals surface area contributed by atoms with Gasteiger partial charge in [0.05, 0.1) is 5.52 Å². The third-order valence-electron chi connectivity index (χ3n) is 2.98. The average Bonchev–Trinajstić information content (AvgIpc) is 2.34. The molecule has 0 fully saturated rings. The Hall–Kier alpha value is -1.28. The Morgan fingerprint density at radius 3 is 2.71 bits per heavy atom. The highest BCUT2D eigenvalue weighted by atomic mass is 35.5. The van der Waals surface area contributed by atoms with Gasteiger partial charge in [0.25, 0.3) is 0 Å². The summed E-state index contributed by atoms with van der Waals surface area (Å²) in [7, 11) is 0. The molecular weight excluding hydrogens is 232 g/mol. The van der Waals surface area contributed by atoms with Crippen LogP contribution >= 0.6 is 11.6 Å². The number of pyridine rings is 1. The van der Waals surface area contributed by atoms with Gasteiger partial charge in [-0.25, -0.2) is 4.98 Å². The van der Waals surface area contributed by atoms with Gasteiger partial charge >= 0.3 is 0 Å². The van der Waals surface area contributed by atoms with Crippen molar-refractivity contribution in [2.45, 2.75) is 27.2 Å². The van der Waals surface area contributed by atoms with Crippen molar-refractivity contribution in [3.05, 3.63) is 34.3 Å². The third-order valence-corrected chi connectivity index (χ3v) is 3.39.